The average molecular weight is 350 g/mol. The Hall–Kier alpha value is -0.350. The van der Waals surface area contributed by atoms with Crippen LogP contribution in [-0.2, 0) is 9.53 Å². The molecule has 0 radical (unpaired) electrons. The maximum Gasteiger partial charge on any atom is 0.321 e. The van der Waals surface area contributed by atoms with E-state index in [4.69, 9.17) is 4.74 Å². The van der Waals surface area contributed by atoms with E-state index in [-0.39, 0.29) is 15.6 Å². The lowest BCUT2D eigenvalue weighted by Gasteiger charge is -2.16. The summed E-state index contributed by atoms with van der Waals surface area (Å²) in [5.74, 6) is -0.245. The van der Waals surface area contributed by atoms with Gasteiger partial charge in [0.1, 0.15) is 4.83 Å². The summed E-state index contributed by atoms with van der Waals surface area (Å²) >= 11 is 6.86. The highest BCUT2D eigenvalue weighted by Gasteiger charge is 2.26. The molecule has 16 heavy (non-hydrogen) atoms. The van der Waals surface area contributed by atoms with Crippen molar-refractivity contribution in [3.63, 3.8) is 0 Å². The summed E-state index contributed by atoms with van der Waals surface area (Å²) < 4.78 is 4.96. The van der Waals surface area contributed by atoms with Gasteiger partial charge in [-0.2, -0.15) is 0 Å². The van der Waals surface area contributed by atoms with E-state index in [2.05, 4.69) is 31.9 Å². The van der Waals surface area contributed by atoms with E-state index in [1.165, 1.54) is 5.56 Å². The summed E-state index contributed by atoms with van der Waals surface area (Å²) in [6.07, 6.45) is 0. The molecule has 1 aromatic carbocycles. The van der Waals surface area contributed by atoms with Crippen LogP contribution in [0.4, 0.5) is 0 Å². The number of alkyl halides is 2. The molecule has 0 aliphatic carbocycles. The Morgan fingerprint density at radius 2 is 2.12 bits per heavy atom. The van der Waals surface area contributed by atoms with E-state index in [0.29, 0.717) is 6.61 Å². The number of ether oxygens (including phenoxy) is 1. The van der Waals surface area contributed by atoms with Gasteiger partial charge in [-0.3, -0.25) is 4.79 Å². The number of halogens is 2. The molecule has 2 nitrogen and oxygen atoms in total. The SMILES string of the molecule is CCOC(=O)C(Br)C(Br)c1cccc(C)c1. The lowest BCUT2D eigenvalue weighted by atomic mass is 10.1. The van der Waals surface area contributed by atoms with Crippen LogP contribution in [0.5, 0.6) is 0 Å². The number of carbonyl (C=O) groups excluding carboxylic acids is 1. The molecule has 0 aromatic heterocycles. The molecule has 2 unspecified atom stereocenters. The first-order valence-electron chi connectivity index (χ1n) is 5.07. The fraction of sp³-hybridized carbons (Fsp3) is 0.417. The Kier molecular flexibility index (Phi) is 5.49. The molecule has 0 heterocycles. The van der Waals surface area contributed by atoms with Gasteiger partial charge in [0.25, 0.3) is 0 Å². The maximum absolute atomic E-state index is 11.5. The second-order valence-electron chi connectivity index (χ2n) is 3.47. The third kappa shape index (κ3) is 3.59. The Morgan fingerprint density at radius 3 is 2.69 bits per heavy atom. The van der Waals surface area contributed by atoms with E-state index in [1.807, 2.05) is 31.2 Å². The number of hydrogen-bond acceptors (Lipinski definition) is 2. The van der Waals surface area contributed by atoms with Crippen molar-refractivity contribution in [2.24, 2.45) is 0 Å². The van der Waals surface area contributed by atoms with Crippen LogP contribution < -0.4 is 0 Å². The second kappa shape index (κ2) is 6.40. The van der Waals surface area contributed by atoms with Gasteiger partial charge in [0.05, 0.1) is 11.4 Å². The third-order valence-electron chi connectivity index (χ3n) is 2.13. The first-order chi connectivity index (χ1) is 7.56. The largest absolute Gasteiger partial charge is 0.465 e. The number of rotatable bonds is 4. The van der Waals surface area contributed by atoms with Crippen LogP contribution in [-0.4, -0.2) is 17.4 Å². The molecule has 0 aliphatic heterocycles. The number of benzene rings is 1. The highest BCUT2D eigenvalue weighted by atomic mass is 79.9. The molecule has 0 saturated carbocycles. The van der Waals surface area contributed by atoms with Crippen molar-refractivity contribution in [3.05, 3.63) is 35.4 Å². The Bertz CT molecular complexity index is 366. The zero-order valence-electron chi connectivity index (χ0n) is 9.24. The zero-order chi connectivity index (χ0) is 12.1. The van der Waals surface area contributed by atoms with Gasteiger partial charge in [-0.15, -0.1) is 0 Å². The minimum atomic E-state index is -0.366. The summed E-state index contributed by atoms with van der Waals surface area (Å²) in [4.78, 5) is 11.1. The number of hydrogen-bond donors (Lipinski definition) is 0. The lowest BCUT2D eigenvalue weighted by Crippen LogP contribution is -2.21. The van der Waals surface area contributed by atoms with Gasteiger partial charge in [0.2, 0.25) is 0 Å². The molecule has 0 fully saturated rings. The molecular weight excluding hydrogens is 336 g/mol. The van der Waals surface area contributed by atoms with Crippen LogP contribution in [0.25, 0.3) is 0 Å². The van der Waals surface area contributed by atoms with Crippen molar-refractivity contribution >= 4 is 37.8 Å². The molecular formula is C12H14Br2O2. The number of esters is 1. The van der Waals surface area contributed by atoms with Gasteiger partial charge in [-0.05, 0) is 19.4 Å². The van der Waals surface area contributed by atoms with Crippen LogP contribution in [0, 0.1) is 6.92 Å². The third-order valence-corrected chi connectivity index (χ3v) is 4.80. The monoisotopic (exact) mass is 348 g/mol. The van der Waals surface area contributed by atoms with Crippen molar-refractivity contribution in [1.82, 2.24) is 0 Å². The molecule has 2 atom stereocenters. The van der Waals surface area contributed by atoms with Crippen LogP contribution in [0.3, 0.4) is 0 Å². The predicted molar refractivity (Wildman–Crippen MR) is 72.2 cm³/mol. The van der Waals surface area contributed by atoms with Crippen molar-refractivity contribution in [3.8, 4) is 0 Å². The van der Waals surface area contributed by atoms with Crippen molar-refractivity contribution in [2.45, 2.75) is 23.5 Å². The summed E-state index contributed by atoms with van der Waals surface area (Å²) in [5.41, 5.74) is 2.24. The Morgan fingerprint density at radius 1 is 1.44 bits per heavy atom. The minimum Gasteiger partial charge on any atom is -0.465 e. The van der Waals surface area contributed by atoms with E-state index in [9.17, 15) is 4.79 Å². The molecule has 88 valence electrons. The predicted octanol–water partition coefficient (Wildman–Crippen LogP) is 3.76. The van der Waals surface area contributed by atoms with E-state index in [1.54, 1.807) is 6.92 Å². The molecule has 0 amide bonds. The van der Waals surface area contributed by atoms with E-state index in [0.717, 1.165) is 5.56 Å². The van der Waals surface area contributed by atoms with Gasteiger partial charge in [0, 0.05) is 0 Å². The molecule has 0 bridgehead atoms. The van der Waals surface area contributed by atoms with Crippen LogP contribution in [0.15, 0.2) is 24.3 Å². The van der Waals surface area contributed by atoms with Crippen molar-refractivity contribution in [1.29, 1.82) is 0 Å². The summed E-state index contributed by atoms with van der Waals surface area (Å²) in [7, 11) is 0. The molecule has 0 aliphatic rings. The van der Waals surface area contributed by atoms with Gasteiger partial charge in [0.15, 0.2) is 0 Å². The van der Waals surface area contributed by atoms with Gasteiger partial charge in [-0.25, -0.2) is 0 Å². The number of carbonyl (C=O) groups is 1. The molecule has 0 spiro atoms. The van der Waals surface area contributed by atoms with E-state index < -0.39 is 0 Å². The van der Waals surface area contributed by atoms with E-state index >= 15 is 0 Å². The highest BCUT2D eigenvalue weighted by molar-refractivity contribution is 9.12. The highest BCUT2D eigenvalue weighted by Crippen LogP contribution is 2.32. The second-order valence-corrected chi connectivity index (χ2v) is 5.44. The van der Waals surface area contributed by atoms with Crippen LogP contribution in [0.2, 0.25) is 0 Å². The smallest absolute Gasteiger partial charge is 0.321 e. The standard InChI is InChI=1S/C12H14Br2O2/c1-3-16-12(15)11(14)10(13)9-6-4-5-8(2)7-9/h4-7,10-11H,3H2,1-2H3. The summed E-state index contributed by atoms with van der Waals surface area (Å²) in [6.45, 7) is 4.22. The van der Waals surface area contributed by atoms with Gasteiger partial charge < -0.3 is 4.74 Å². The normalized spacial score (nSPS) is 14.2. The average Bonchev–Trinajstić information content (AvgIpc) is 2.27. The van der Waals surface area contributed by atoms with Gasteiger partial charge in [-0.1, -0.05) is 61.7 Å². The van der Waals surface area contributed by atoms with Crippen molar-refractivity contribution < 1.29 is 9.53 Å². The quantitative estimate of drug-likeness (QED) is 0.611. The topological polar surface area (TPSA) is 26.3 Å². The van der Waals surface area contributed by atoms with Crippen LogP contribution >= 0.6 is 31.9 Å². The molecule has 0 N–H and O–H groups in total. The van der Waals surface area contributed by atoms with Crippen LogP contribution in [0.1, 0.15) is 22.9 Å². The Labute approximate surface area is 113 Å². The first kappa shape index (κ1) is 13.7. The zero-order valence-corrected chi connectivity index (χ0v) is 12.4. The Balaban J connectivity index is 2.77. The number of aryl methyl sites for hydroxylation is 1. The first-order valence-corrected chi connectivity index (χ1v) is 6.90. The maximum atomic E-state index is 11.5. The minimum absolute atomic E-state index is 0.0774. The fourth-order valence-electron chi connectivity index (χ4n) is 1.35. The fourth-order valence-corrected chi connectivity index (χ4v) is 2.29. The van der Waals surface area contributed by atoms with Crippen molar-refractivity contribution in [2.75, 3.05) is 6.61 Å². The summed E-state index contributed by atoms with van der Waals surface area (Å²) in [6, 6.07) is 8.04. The summed E-state index contributed by atoms with van der Waals surface area (Å²) in [5, 5.41) is 0. The molecule has 1 rings (SSSR count). The molecule has 0 saturated heterocycles. The molecule has 1 aromatic rings. The van der Waals surface area contributed by atoms with Gasteiger partial charge >= 0.3 is 5.97 Å². The molecule has 4 heteroatoms. The lowest BCUT2D eigenvalue weighted by molar-refractivity contribution is -0.142.